The van der Waals surface area contributed by atoms with Crippen LogP contribution < -0.4 is 0 Å². The minimum atomic E-state index is 1.10. The topological polar surface area (TPSA) is 0 Å². The fraction of sp³-hybridized carbons (Fsp3) is 0. The van der Waals surface area contributed by atoms with E-state index in [1.165, 1.54) is 11.1 Å². The maximum absolute atomic E-state index is 3.47. The Bertz CT molecular complexity index is 387. The Morgan fingerprint density at radius 1 is 0.923 bits per heavy atom. The van der Waals surface area contributed by atoms with Gasteiger partial charge in [-0.25, -0.2) is 0 Å². The van der Waals surface area contributed by atoms with E-state index in [1.807, 2.05) is 6.07 Å². The van der Waals surface area contributed by atoms with E-state index in [1.54, 1.807) is 11.3 Å². The van der Waals surface area contributed by atoms with Gasteiger partial charge in [0, 0.05) is 8.95 Å². The molecule has 0 amide bonds. The van der Waals surface area contributed by atoms with E-state index in [9.17, 15) is 0 Å². The molecule has 13 heavy (non-hydrogen) atoms. The molecule has 1 heterocycles. The molecule has 0 fully saturated rings. The van der Waals surface area contributed by atoms with Crippen LogP contribution in [0, 0.1) is 0 Å². The molecule has 0 aliphatic rings. The van der Waals surface area contributed by atoms with E-state index in [4.69, 9.17) is 0 Å². The van der Waals surface area contributed by atoms with Crippen LogP contribution in [0.15, 0.2) is 44.0 Å². The van der Waals surface area contributed by atoms with Crippen molar-refractivity contribution >= 4 is 43.2 Å². The van der Waals surface area contributed by atoms with Gasteiger partial charge in [0.05, 0.1) is 0 Å². The Kier molecular flexibility index (Phi) is 2.86. The molecule has 66 valence electrons. The van der Waals surface area contributed by atoms with Crippen LogP contribution in [0.1, 0.15) is 0 Å². The van der Waals surface area contributed by atoms with Crippen molar-refractivity contribution in [2.24, 2.45) is 0 Å². The Hall–Kier alpha value is -0.120. The first-order chi connectivity index (χ1) is 6.25. The van der Waals surface area contributed by atoms with Crippen LogP contribution in [0.25, 0.3) is 11.1 Å². The lowest BCUT2D eigenvalue weighted by Crippen LogP contribution is -1.74. The summed E-state index contributed by atoms with van der Waals surface area (Å²) in [5.74, 6) is 0. The zero-order valence-corrected chi connectivity index (χ0v) is 10.6. The number of rotatable bonds is 1. The van der Waals surface area contributed by atoms with Gasteiger partial charge in [0.2, 0.25) is 0 Å². The smallest absolute Gasteiger partial charge is 0.0192 e. The molecule has 0 saturated carbocycles. The first kappa shape index (κ1) is 9.44. The number of benzene rings is 1. The maximum Gasteiger partial charge on any atom is 0.0192 e. The zero-order chi connectivity index (χ0) is 9.26. The van der Waals surface area contributed by atoms with Crippen LogP contribution in [-0.4, -0.2) is 0 Å². The van der Waals surface area contributed by atoms with E-state index in [0.717, 1.165) is 8.95 Å². The molecule has 0 atom stereocenters. The second-order valence-corrected chi connectivity index (χ2v) is 5.28. The Balaban J connectivity index is 2.53. The van der Waals surface area contributed by atoms with Crippen molar-refractivity contribution in [2.45, 2.75) is 0 Å². The third-order valence-corrected chi connectivity index (χ3v) is 3.32. The molecule has 0 aliphatic heterocycles. The van der Waals surface area contributed by atoms with Gasteiger partial charge < -0.3 is 0 Å². The SMILES string of the molecule is Brc1cc(Br)cc(-c2ccsc2)c1. The maximum atomic E-state index is 3.47. The minimum Gasteiger partial charge on any atom is -0.152 e. The molecule has 3 heteroatoms. The number of thiophene rings is 1. The summed E-state index contributed by atoms with van der Waals surface area (Å²) >= 11 is 8.66. The molecule has 1 aromatic heterocycles. The zero-order valence-electron chi connectivity index (χ0n) is 6.63. The highest BCUT2D eigenvalue weighted by Crippen LogP contribution is 2.28. The molecule has 0 spiro atoms. The summed E-state index contributed by atoms with van der Waals surface area (Å²) in [4.78, 5) is 0. The first-order valence-corrected chi connectivity index (χ1v) is 6.27. The summed E-state index contributed by atoms with van der Waals surface area (Å²) < 4.78 is 2.20. The molecule has 0 radical (unpaired) electrons. The molecule has 0 nitrogen and oxygen atoms in total. The Morgan fingerprint density at radius 3 is 2.15 bits per heavy atom. The molecule has 0 aliphatic carbocycles. The Morgan fingerprint density at radius 2 is 1.62 bits per heavy atom. The van der Waals surface area contributed by atoms with Gasteiger partial charge in [0.25, 0.3) is 0 Å². The predicted octanol–water partition coefficient (Wildman–Crippen LogP) is 4.94. The lowest BCUT2D eigenvalue weighted by atomic mass is 10.1. The molecule has 0 unspecified atom stereocenters. The van der Waals surface area contributed by atoms with Crippen molar-refractivity contribution < 1.29 is 0 Å². The van der Waals surface area contributed by atoms with Gasteiger partial charge in [-0.1, -0.05) is 31.9 Å². The van der Waals surface area contributed by atoms with Crippen molar-refractivity contribution in [3.8, 4) is 11.1 Å². The average molecular weight is 318 g/mol. The molecule has 2 aromatic rings. The van der Waals surface area contributed by atoms with Crippen molar-refractivity contribution in [2.75, 3.05) is 0 Å². The number of hydrogen-bond donors (Lipinski definition) is 0. The molecular formula is C10H6Br2S. The van der Waals surface area contributed by atoms with Crippen LogP contribution in [0.5, 0.6) is 0 Å². The quantitative estimate of drug-likeness (QED) is 0.699. The van der Waals surface area contributed by atoms with Crippen molar-refractivity contribution in [1.82, 2.24) is 0 Å². The molecule has 1 aromatic carbocycles. The fourth-order valence-electron chi connectivity index (χ4n) is 1.15. The van der Waals surface area contributed by atoms with Crippen molar-refractivity contribution in [1.29, 1.82) is 0 Å². The van der Waals surface area contributed by atoms with Crippen LogP contribution >= 0.6 is 43.2 Å². The van der Waals surface area contributed by atoms with Gasteiger partial charge in [0.15, 0.2) is 0 Å². The third kappa shape index (κ3) is 2.22. The highest BCUT2D eigenvalue weighted by molar-refractivity contribution is 9.11. The molecule has 0 N–H and O–H groups in total. The van der Waals surface area contributed by atoms with Crippen LogP contribution in [-0.2, 0) is 0 Å². The monoisotopic (exact) mass is 316 g/mol. The van der Waals surface area contributed by atoms with Gasteiger partial charge in [-0.15, -0.1) is 0 Å². The minimum absolute atomic E-state index is 1.10. The van der Waals surface area contributed by atoms with Gasteiger partial charge >= 0.3 is 0 Å². The van der Waals surface area contributed by atoms with Gasteiger partial charge in [0.1, 0.15) is 0 Å². The lowest BCUT2D eigenvalue weighted by molar-refractivity contribution is 1.59. The first-order valence-electron chi connectivity index (χ1n) is 3.74. The average Bonchev–Trinajstić information content (AvgIpc) is 2.53. The van der Waals surface area contributed by atoms with E-state index < -0.39 is 0 Å². The normalized spacial score (nSPS) is 10.3. The molecule has 0 bridgehead atoms. The Labute approximate surface area is 97.9 Å². The largest absolute Gasteiger partial charge is 0.152 e. The summed E-state index contributed by atoms with van der Waals surface area (Å²) in [6.45, 7) is 0. The summed E-state index contributed by atoms with van der Waals surface area (Å²) in [5, 5.41) is 4.23. The number of halogens is 2. The lowest BCUT2D eigenvalue weighted by Gasteiger charge is -2.00. The van der Waals surface area contributed by atoms with Crippen LogP contribution in [0.3, 0.4) is 0 Å². The van der Waals surface area contributed by atoms with Gasteiger partial charge in [-0.2, -0.15) is 11.3 Å². The van der Waals surface area contributed by atoms with Gasteiger partial charge in [-0.3, -0.25) is 0 Å². The van der Waals surface area contributed by atoms with E-state index in [2.05, 4.69) is 60.8 Å². The molecular weight excluding hydrogens is 312 g/mol. The van der Waals surface area contributed by atoms with Crippen LogP contribution in [0.4, 0.5) is 0 Å². The second kappa shape index (κ2) is 3.95. The molecule has 0 saturated heterocycles. The molecule has 2 rings (SSSR count). The number of hydrogen-bond acceptors (Lipinski definition) is 1. The van der Waals surface area contributed by atoms with Crippen LogP contribution in [0.2, 0.25) is 0 Å². The fourth-order valence-corrected chi connectivity index (χ4v) is 3.11. The third-order valence-electron chi connectivity index (χ3n) is 1.72. The second-order valence-electron chi connectivity index (χ2n) is 2.67. The van der Waals surface area contributed by atoms with E-state index >= 15 is 0 Å². The highest BCUT2D eigenvalue weighted by Gasteiger charge is 2.00. The summed E-state index contributed by atoms with van der Waals surface area (Å²) in [7, 11) is 0. The van der Waals surface area contributed by atoms with Crippen molar-refractivity contribution in [3.05, 3.63) is 44.0 Å². The highest BCUT2D eigenvalue weighted by atomic mass is 79.9. The summed E-state index contributed by atoms with van der Waals surface area (Å²) in [5.41, 5.74) is 2.51. The predicted molar refractivity (Wildman–Crippen MR) is 65.2 cm³/mol. The van der Waals surface area contributed by atoms with Gasteiger partial charge in [-0.05, 0) is 46.2 Å². The van der Waals surface area contributed by atoms with Crippen molar-refractivity contribution in [3.63, 3.8) is 0 Å². The summed E-state index contributed by atoms with van der Waals surface area (Å²) in [6, 6.07) is 8.40. The van der Waals surface area contributed by atoms with E-state index in [-0.39, 0.29) is 0 Å². The van der Waals surface area contributed by atoms with E-state index in [0.29, 0.717) is 0 Å². The standard InChI is InChI=1S/C10H6Br2S/c11-9-3-8(4-10(12)5-9)7-1-2-13-6-7/h1-6H. The summed E-state index contributed by atoms with van der Waals surface area (Å²) in [6.07, 6.45) is 0.